The number of carbonyl (C=O) groups is 1. The van der Waals surface area contributed by atoms with Crippen molar-refractivity contribution in [3.05, 3.63) is 70.3 Å². The molecule has 146 valence electrons. The quantitative estimate of drug-likeness (QED) is 0.565. The number of fused-ring (bicyclic) bond motifs is 1. The Morgan fingerprint density at radius 3 is 2.50 bits per heavy atom. The zero-order valence-electron chi connectivity index (χ0n) is 17.0. The molecule has 1 aliphatic rings. The number of allylic oxidation sites excluding steroid dienone is 2. The lowest BCUT2D eigenvalue weighted by Gasteiger charge is -2.31. The van der Waals surface area contributed by atoms with Crippen molar-refractivity contribution in [2.24, 2.45) is 0 Å². The van der Waals surface area contributed by atoms with E-state index in [-0.39, 0.29) is 17.1 Å². The SMILES string of the molecule is COc1c2c(c(C(=O)c3ccccc3)c(O)c1CC=C(C)C)OC(C)(C)C=C2. The Hall–Kier alpha value is -3.01. The summed E-state index contributed by atoms with van der Waals surface area (Å²) in [5.74, 6) is 0.521. The number of phenols is 1. The van der Waals surface area contributed by atoms with Gasteiger partial charge in [-0.05, 0) is 46.3 Å². The van der Waals surface area contributed by atoms with E-state index in [1.54, 1.807) is 31.4 Å². The van der Waals surface area contributed by atoms with E-state index in [9.17, 15) is 9.90 Å². The smallest absolute Gasteiger partial charge is 0.200 e. The van der Waals surface area contributed by atoms with Gasteiger partial charge in [-0.3, -0.25) is 4.79 Å². The first kappa shape index (κ1) is 19.7. The summed E-state index contributed by atoms with van der Waals surface area (Å²) >= 11 is 0. The van der Waals surface area contributed by atoms with E-state index in [4.69, 9.17) is 9.47 Å². The average Bonchev–Trinajstić information content (AvgIpc) is 2.65. The predicted octanol–water partition coefficient (Wildman–Crippen LogP) is 5.32. The van der Waals surface area contributed by atoms with Crippen molar-refractivity contribution in [2.45, 2.75) is 39.7 Å². The molecule has 4 nitrogen and oxygen atoms in total. The van der Waals surface area contributed by atoms with Gasteiger partial charge in [-0.1, -0.05) is 42.0 Å². The third-order valence-corrected chi connectivity index (χ3v) is 4.71. The molecule has 0 fully saturated rings. The van der Waals surface area contributed by atoms with E-state index in [0.717, 1.165) is 5.57 Å². The molecule has 28 heavy (non-hydrogen) atoms. The molecule has 2 aromatic carbocycles. The molecule has 0 amide bonds. The molecule has 2 aromatic rings. The van der Waals surface area contributed by atoms with Crippen molar-refractivity contribution in [2.75, 3.05) is 7.11 Å². The third-order valence-electron chi connectivity index (χ3n) is 4.71. The van der Waals surface area contributed by atoms with Gasteiger partial charge in [-0.2, -0.15) is 0 Å². The molecule has 1 N–H and O–H groups in total. The molecular formula is C24H26O4. The molecule has 0 aliphatic carbocycles. The van der Waals surface area contributed by atoms with Gasteiger partial charge in [-0.25, -0.2) is 0 Å². The summed E-state index contributed by atoms with van der Waals surface area (Å²) in [6.07, 6.45) is 6.29. The molecule has 1 heterocycles. The zero-order chi connectivity index (χ0) is 20.5. The maximum absolute atomic E-state index is 13.3. The van der Waals surface area contributed by atoms with Gasteiger partial charge in [-0.15, -0.1) is 0 Å². The highest BCUT2D eigenvalue weighted by atomic mass is 16.5. The van der Waals surface area contributed by atoms with Crippen LogP contribution in [0.4, 0.5) is 0 Å². The Bertz CT molecular complexity index is 962. The summed E-state index contributed by atoms with van der Waals surface area (Å²) in [6, 6.07) is 8.92. The number of hydrogen-bond acceptors (Lipinski definition) is 4. The van der Waals surface area contributed by atoms with E-state index in [1.165, 1.54) is 0 Å². The second-order valence-corrected chi connectivity index (χ2v) is 7.70. The van der Waals surface area contributed by atoms with Crippen molar-refractivity contribution >= 4 is 11.9 Å². The first-order valence-electron chi connectivity index (χ1n) is 9.32. The minimum atomic E-state index is -0.600. The van der Waals surface area contributed by atoms with Gasteiger partial charge in [0.25, 0.3) is 0 Å². The number of hydrogen-bond donors (Lipinski definition) is 1. The highest BCUT2D eigenvalue weighted by Crippen LogP contribution is 2.48. The second-order valence-electron chi connectivity index (χ2n) is 7.70. The normalized spacial score (nSPS) is 14.0. The molecule has 0 atom stereocenters. The van der Waals surface area contributed by atoms with E-state index >= 15 is 0 Å². The lowest BCUT2D eigenvalue weighted by atomic mass is 9.90. The fourth-order valence-corrected chi connectivity index (χ4v) is 3.28. The number of aromatic hydroxyl groups is 1. The first-order valence-corrected chi connectivity index (χ1v) is 9.32. The number of carbonyl (C=O) groups excluding carboxylic acids is 1. The number of ketones is 1. The van der Waals surface area contributed by atoms with Crippen LogP contribution in [-0.4, -0.2) is 23.6 Å². The van der Waals surface area contributed by atoms with Crippen LogP contribution < -0.4 is 9.47 Å². The molecule has 0 bridgehead atoms. The summed E-state index contributed by atoms with van der Waals surface area (Å²) in [5, 5.41) is 11.1. The highest BCUT2D eigenvalue weighted by Gasteiger charge is 2.33. The van der Waals surface area contributed by atoms with E-state index in [0.29, 0.717) is 34.6 Å². The standard InChI is InChI=1S/C24H26O4/c1-15(2)11-12-17-21(26)19(20(25)16-9-7-6-8-10-16)23-18(22(17)27-5)13-14-24(3,4)28-23/h6-11,13-14,26H,12H2,1-5H3. The predicted molar refractivity (Wildman–Crippen MR) is 111 cm³/mol. The van der Waals surface area contributed by atoms with Crippen LogP contribution in [0.25, 0.3) is 6.08 Å². The van der Waals surface area contributed by atoms with Crippen LogP contribution >= 0.6 is 0 Å². The van der Waals surface area contributed by atoms with Gasteiger partial charge in [0, 0.05) is 11.1 Å². The molecule has 1 aliphatic heterocycles. The molecule has 0 radical (unpaired) electrons. The molecular weight excluding hydrogens is 352 g/mol. The van der Waals surface area contributed by atoms with E-state index < -0.39 is 5.60 Å². The molecule has 0 aromatic heterocycles. The summed E-state index contributed by atoms with van der Waals surface area (Å²) in [4.78, 5) is 13.3. The van der Waals surface area contributed by atoms with Crippen LogP contribution in [0.15, 0.2) is 48.1 Å². The fraction of sp³-hybridized carbons (Fsp3) is 0.292. The van der Waals surface area contributed by atoms with Crippen molar-refractivity contribution in [1.82, 2.24) is 0 Å². The average molecular weight is 378 g/mol. The minimum Gasteiger partial charge on any atom is -0.507 e. The largest absolute Gasteiger partial charge is 0.507 e. The van der Waals surface area contributed by atoms with Gasteiger partial charge in [0.05, 0.1) is 12.7 Å². The number of methoxy groups -OCH3 is 1. The van der Waals surface area contributed by atoms with E-state index in [2.05, 4.69) is 0 Å². The topological polar surface area (TPSA) is 55.8 Å². The molecule has 0 saturated carbocycles. The second kappa shape index (κ2) is 7.55. The van der Waals surface area contributed by atoms with Gasteiger partial charge < -0.3 is 14.6 Å². The highest BCUT2D eigenvalue weighted by molar-refractivity contribution is 6.13. The maximum atomic E-state index is 13.3. The Morgan fingerprint density at radius 1 is 1.21 bits per heavy atom. The lowest BCUT2D eigenvalue weighted by Crippen LogP contribution is -2.29. The molecule has 0 unspecified atom stereocenters. The van der Waals surface area contributed by atoms with E-state index in [1.807, 2.05) is 52.0 Å². The summed E-state index contributed by atoms with van der Waals surface area (Å²) in [7, 11) is 1.56. The van der Waals surface area contributed by atoms with Crippen molar-refractivity contribution in [1.29, 1.82) is 0 Å². The van der Waals surface area contributed by atoms with Crippen LogP contribution in [-0.2, 0) is 6.42 Å². The van der Waals surface area contributed by atoms with Crippen LogP contribution in [0.5, 0.6) is 17.2 Å². The lowest BCUT2D eigenvalue weighted by molar-refractivity contribution is 0.102. The Balaban J connectivity index is 2.31. The Labute approximate surface area is 166 Å². The van der Waals surface area contributed by atoms with Crippen LogP contribution in [0.1, 0.15) is 54.7 Å². The van der Waals surface area contributed by atoms with Crippen molar-refractivity contribution < 1.29 is 19.4 Å². The monoisotopic (exact) mass is 378 g/mol. The van der Waals surface area contributed by atoms with Gasteiger partial charge in [0.1, 0.15) is 28.4 Å². The van der Waals surface area contributed by atoms with Crippen molar-refractivity contribution in [3.63, 3.8) is 0 Å². The molecule has 0 spiro atoms. The molecule has 4 heteroatoms. The van der Waals surface area contributed by atoms with Crippen molar-refractivity contribution in [3.8, 4) is 17.2 Å². The minimum absolute atomic E-state index is 0.0898. The van der Waals surface area contributed by atoms with Gasteiger partial charge in [0.15, 0.2) is 0 Å². The number of ether oxygens (including phenoxy) is 2. The third kappa shape index (κ3) is 3.68. The summed E-state index contributed by atoms with van der Waals surface area (Å²) in [6.45, 7) is 7.79. The maximum Gasteiger partial charge on any atom is 0.200 e. The first-order chi connectivity index (χ1) is 13.2. The van der Waals surface area contributed by atoms with Gasteiger partial charge >= 0.3 is 0 Å². The van der Waals surface area contributed by atoms with Crippen LogP contribution in [0.2, 0.25) is 0 Å². The van der Waals surface area contributed by atoms with Gasteiger partial charge in [0.2, 0.25) is 5.78 Å². The molecule has 0 saturated heterocycles. The number of phenolic OH excluding ortho intramolecular Hbond substituents is 1. The number of rotatable bonds is 5. The summed E-state index contributed by atoms with van der Waals surface area (Å²) < 4.78 is 11.8. The Kier molecular flexibility index (Phi) is 5.32. The molecule has 3 rings (SSSR count). The van der Waals surface area contributed by atoms with Crippen LogP contribution in [0.3, 0.4) is 0 Å². The fourth-order valence-electron chi connectivity index (χ4n) is 3.28. The number of benzene rings is 2. The Morgan fingerprint density at radius 2 is 1.89 bits per heavy atom. The zero-order valence-corrected chi connectivity index (χ0v) is 17.0. The summed E-state index contributed by atoms with van der Waals surface area (Å²) in [5.41, 5.74) is 2.44. The van der Waals surface area contributed by atoms with Crippen LogP contribution in [0, 0.1) is 0 Å².